The van der Waals surface area contributed by atoms with Gasteiger partial charge in [-0.2, -0.15) is 0 Å². The summed E-state index contributed by atoms with van der Waals surface area (Å²) in [7, 11) is 0. The van der Waals surface area contributed by atoms with Crippen molar-refractivity contribution in [3.8, 4) is 11.1 Å². The number of hydrogen-bond donors (Lipinski definition) is 1. The van der Waals surface area contributed by atoms with Crippen molar-refractivity contribution in [3.05, 3.63) is 53.0 Å². The highest BCUT2D eigenvalue weighted by Gasteiger charge is 1.99. The molecule has 0 saturated carbocycles. The van der Waals surface area contributed by atoms with Gasteiger partial charge in [-0.1, -0.05) is 36.4 Å². The molecule has 14 heavy (non-hydrogen) atoms. The minimum atomic E-state index is 0.770. The van der Waals surface area contributed by atoms with Gasteiger partial charge < -0.3 is 5.73 Å². The van der Waals surface area contributed by atoms with Gasteiger partial charge in [-0.25, -0.2) is 0 Å². The zero-order chi connectivity index (χ0) is 9.97. The van der Waals surface area contributed by atoms with Crippen molar-refractivity contribution in [3.63, 3.8) is 0 Å². The Morgan fingerprint density at radius 1 is 0.857 bits per heavy atom. The number of nitrogen functional groups attached to an aromatic ring is 1. The Morgan fingerprint density at radius 3 is 2.21 bits per heavy atom. The molecule has 0 saturated heterocycles. The number of benzene rings is 2. The monoisotopic (exact) mass is 247 g/mol. The molecule has 0 heterocycles. The van der Waals surface area contributed by atoms with Gasteiger partial charge in [-0.15, -0.1) is 0 Å². The Morgan fingerprint density at radius 2 is 1.57 bits per heavy atom. The molecule has 0 unspecified atom stereocenters. The predicted molar refractivity (Wildman–Crippen MR) is 64.0 cm³/mol. The van der Waals surface area contributed by atoms with Gasteiger partial charge in [0.1, 0.15) is 0 Å². The van der Waals surface area contributed by atoms with Crippen LogP contribution in [0, 0.1) is 0 Å². The summed E-state index contributed by atoms with van der Waals surface area (Å²) in [4.78, 5) is 0. The first-order valence-corrected chi connectivity index (χ1v) is 5.17. The first-order chi connectivity index (χ1) is 6.77. The van der Waals surface area contributed by atoms with Crippen molar-refractivity contribution < 1.29 is 0 Å². The lowest BCUT2D eigenvalue weighted by Gasteiger charge is -2.03. The van der Waals surface area contributed by atoms with Gasteiger partial charge in [0.2, 0.25) is 0 Å². The Labute approximate surface area is 91.7 Å². The number of rotatable bonds is 1. The molecule has 0 bridgehead atoms. The van der Waals surface area contributed by atoms with Crippen LogP contribution in [0.5, 0.6) is 0 Å². The van der Waals surface area contributed by atoms with Gasteiger partial charge in [0, 0.05) is 10.2 Å². The van der Waals surface area contributed by atoms with Crippen molar-refractivity contribution in [1.29, 1.82) is 0 Å². The van der Waals surface area contributed by atoms with E-state index in [1.807, 2.05) is 30.3 Å². The van der Waals surface area contributed by atoms with E-state index >= 15 is 0 Å². The van der Waals surface area contributed by atoms with E-state index in [0.29, 0.717) is 0 Å². The van der Waals surface area contributed by atoms with E-state index in [9.17, 15) is 0 Å². The van der Waals surface area contributed by atoms with Crippen LogP contribution in [0.2, 0.25) is 0 Å². The molecule has 0 aliphatic carbocycles. The van der Waals surface area contributed by atoms with Crippen LogP contribution in [0.3, 0.4) is 0 Å². The number of nitrogens with two attached hydrogens (primary N) is 1. The maximum atomic E-state index is 5.81. The summed E-state index contributed by atoms with van der Waals surface area (Å²) in [6, 6.07) is 16.2. The topological polar surface area (TPSA) is 26.0 Å². The van der Waals surface area contributed by atoms with E-state index in [0.717, 1.165) is 15.7 Å². The molecule has 0 atom stereocenters. The molecule has 0 aromatic heterocycles. The molecule has 0 aliphatic rings. The fraction of sp³-hybridized carbons (Fsp3) is 0. The van der Waals surface area contributed by atoms with Crippen molar-refractivity contribution in [2.75, 3.05) is 5.73 Å². The summed E-state index contributed by atoms with van der Waals surface area (Å²) < 4.78 is 0.942. The van der Waals surface area contributed by atoms with E-state index in [1.165, 1.54) is 5.56 Å². The van der Waals surface area contributed by atoms with Crippen LogP contribution in [0.15, 0.2) is 53.0 Å². The zero-order valence-corrected chi connectivity index (χ0v) is 9.16. The van der Waals surface area contributed by atoms with Crippen LogP contribution in [-0.4, -0.2) is 0 Å². The number of hydrogen-bond acceptors (Lipinski definition) is 1. The van der Waals surface area contributed by atoms with Gasteiger partial charge in [0.15, 0.2) is 0 Å². The Hall–Kier alpha value is -1.28. The highest BCUT2D eigenvalue weighted by atomic mass is 79.9. The van der Waals surface area contributed by atoms with Crippen molar-refractivity contribution in [2.45, 2.75) is 0 Å². The molecular weight excluding hydrogens is 238 g/mol. The van der Waals surface area contributed by atoms with Gasteiger partial charge >= 0.3 is 0 Å². The van der Waals surface area contributed by atoms with E-state index in [-0.39, 0.29) is 0 Å². The van der Waals surface area contributed by atoms with Crippen LogP contribution in [-0.2, 0) is 0 Å². The highest BCUT2D eigenvalue weighted by molar-refractivity contribution is 9.10. The average Bonchev–Trinajstić information content (AvgIpc) is 2.23. The smallest absolute Gasteiger partial charge is 0.0464 e. The SMILES string of the molecule is Nc1cc(-c2ccccc2)ccc1Br. The van der Waals surface area contributed by atoms with Crippen LogP contribution in [0.1, 0.15) is 0 Å². The minimum absolute atomic E-state index is 0.770. The van der Waals surface area contributed by atoms with Crippen molar-refractivity contribution in [2.24, 2.45) is 0 Å². The Balaban J connectivity index is 2.48. The molecule has 1 nitrogen and oxygen atoms in total. The van der Waals surface area contributed by atoms with Crippen LogP contribution >= 0.6 is 15.9 Å². The second-order valence-corrected chi connectivity index (χ2v) is 3.96. The normalized spacial score (nSPS) is 10.1. The van der Waals surface area contributed by atoms with Gasteiger partial charge in [-0.3, -0.25) is 0 Å². The molecule has 0 amide bonds. The molecule has 2 N–H and O–H groups in total. The molecule has 0 aliphatic heterocycles. The Bertz CT molecular complexity index is 437. The summed E-state index contributed by atoms with van der Waals surface area (Å²) in [5.41, 5.74) is 8.91. The lowest BCUT2D eigenvalue weighted by Crippen LogP contribution is -1.87. The first kappa shape index (κ1) is 9.28. The van der Waals surface area contributed by atoms with Crippen molar-refractivity contribution in [1.82, 2.24) is 0 Å². The van der Waals surface area contributed by atoms with Crippen molar-refractivity contribution >= 4 is 21.6 Å². The zero-order valence-electron chi connectivity index (χ0n) is 7.57. The molecular formula is C12H10BrN. The summed E-state index contributed by atoms with van der Waals surface area (Å²) >= 11 is 3.38. The molecule has 2 rings (SSSR count). The fourth-order valence-corrected chi connectivity index (χ4v) is 1.60. The Kier molecular flexibility index (Phi) is 2.55. The van der Waals surface area contributed by atoms with Crippen LogP contribution in [0.4, 0.5) is 5.69 Å². The quantitative estimate of drug-likeness (QED) is 0.765. The highest BCUT2D eigenvalue weighted by Crippen LogP contribution is 2.26. The molecule has 0 spiro atoms. The summed E-state index contributed by atoms with van der Waals surface area (Å²) in [5.74, 6) is 0. The van der Waals surface area contributed by atoms with Crippen LogP contribution < -0.4 is 5.73 Å². The summed E-state index contributed by atoms with van der Waals surface area (Å²) in [6.07, 6.45) is 0. The van der Waals surface area contributed by atoms with Gasteiger partial charge in [0.05, 0.1) is 0 Å². The second-order valence-electron chi connectivity index (χ2n) is 3.10. The standard InChI is InChI=1S/C12H10BrN/c13-11-7-6-10(8-12(11)14)9-4-2-1-3-5-9/h1-8H,14H2. The lowest BCUT2D eigenvalue weighted by atomic mass is 10.1. The minimum Gasteiger partial charge on any atom is -0.398 e. The fourth-order valence-electron chi connectivity index (χ4n) is 1.35. The summed E-state index contributed by atoms with van der Waals surface area (Å²) in [5, 5.41) is 0. The summed E-state index contributed by atoms with van der Waals surface area (Å²) in [6.45, 7) is 0. The molecule has 0 fully saturated rings. The second kappa shape index (κ2) is 3.84. The third kappa shape index (κ3) is 1.80. The van der Waals surface area contributed by atoms with E-state index in [2.05, 4.69) is 34.1 Å². The average molecular weight is 248 g/mol. The number of halogens is 1. The van der Waals surface area contributed by atoms with E-state index in [1.54, 1.807) is 0 Å². The maximum Gasteiger partial charge on any atom is 0.0464 e. The lowest BCUT2D eigenvalue weighted by molar-refractivity contribution is 1.59. The van der Waals surface area contributed by atoms with Gasteiger partial charge in [0.25, 0.3) is 0 Å². The molecule has 70 valence electrons. The van der Waals surface area contributed by atoms with Crippen LogP contribution in [0.25, 0.3) is 11.1 Å². The molecule has 2 heteroatoms. The largest absolute Gasteiger partial charge is 0.398 e. The van der Waals surface area contributed by atoms with E-state index in [4.69, 9.17) is 5.73 Å². The first-order valence-electron chi connectivity index (χ1n) is 4.38. The molecule has 0 radical (unpaired) electrons. The third-order valence-electron chi connectivity index (χ3n) is 2.10. The molecule has 2 aromatic carbocycles. The predicted octanol–water partition coefficient (Wildman–Crippen LogP) is 3.70. The number of anilines is 1. The molecule has 2 aromatic rings. The maximum absolute atomic E-state index is 5.81. The van der Waals surface area contributed by atoms with Gasteiger partial charge in [-0.05, 0) is 39.2 Å². The van der Waals surface area contributed by atoms with E-state index < -0.39 is 0 Å². The third-order valence-corrected chi connectivity index (χ3v) is 2.83.